The average molecular weight is 195 g/mol. The maximum atomic E-state index is 3.14. The first-order chi connectivity index (χ1) is 7.21. The first-order valence-electron chi connectivity index (χ1n) is 5.23. The highest BCUT2D eigenvalue weighted by Gasteiger charge is 2.21. The predicted molar refractivity (Wildman–Crippen MR) is 63.8 cm³/mol. The molecule has 0 aromatic heterocycles. The topological polar surface area (TPSA) is 0 Å². The molecule has 0 heterocycles. The molecule has 0 saturated heterocycles. The molecule has 0 amide bonds. The smallest absolute Gasteiger partial charge is 0.0146 e. The largest absolute Gasteiger partial charge is 0.0622 e. The lowest BCUT2D eigenvalue weighted by molar-refractivity contribution is 0.641. The second kappa shape index (κ2) is 3.90. The Labute approximate surface area is 91.6 Å². The maximum absolute atomic E-state index is 3.14. The fourth-order valence-electron chi connectivity index (χ4n) is 1.80. The van der Waals surface area contributed by atoms with Gasteiger partial charge in [0.05, 0.1) is 0 Å². The molecule has 75 valence electrons. The summed E-state index contributed by atoms with van der Waals surface area (Å²) in [4.78, 5) is 0. The summed E-state index contributed by atoms with van der Waals surface area (Å²) < 4.78 is 0. The molecule has 0 aliphatic carbocycles. The van der Waals surface area contributed by atoms with Gasteiger partial charge >= 0.3 is 0 Å². The van der Waals surface area contributed by atoms with Gasteiger partial charge in [0.25, 0.3) is 0 Å². The average Bonchev–Trinajstić information content (AvgIpc) is 2.31. The van der Waals surface area contributed by atoms with E-state index in [0.29, 0.717) is 0 Å². The zero-order valence-corrected chi connectivity index (χ0v) is 9.20. The van der Waals surface area contributed by atoms with Gasteiger partial charge in [0, 0.05) is 5.41 Å². The molecule has 0 unspecified atom stereocenters. The van der Waals surface area contributed by atoms with Crippen molar-refractivity contribution in [3.8, 4) is 0 Å². The van der Waals surface area contributed by atoms with Gasteiger partial charge in [-0.15, -0.1) is 0 Å². The molecular formula is C15H15. The highest BCUT2D eigenvalue weighted by atomic mass is 14.2. The molecule has 0 saturated carbocycles. The van der Waals surface area contributed by atoms with Crippen LogP contribution < -0.4 is 0 Å². The Bertz CT molecular complexity index is 371. The van der Waals surface area contributed by atoms with Gasteiger partial charge in [0.1, 0.15) is 0 Å². The second-order valence-corrected chi connectivity index (χ2v) is 4.28. The third-order valence-corrected chi connectivity index (χ3v) is 2.92. The van der Waals surface area contributed by atoms with Crippen LogP contribution in [0.25, 0.3) is 0 Å². The van der Waals surface area contributed by atoms with Gasteiger partial charge in [-0.3, -0.25) is 0 Å². The summed E-state index contributed by atoms with van der Waals surface area (Å²) in [6, 6.07) is 21.9. The fraction of sp³-hybridized carbons (Fsp3) is 0.200. The van der Waals surface area contributed by atoms with Gasteiger partial charge in [-0.25, -0.2) is 0 Å². The highest BCUT2D eigenvalue weighted by Crippen LogP contribution is 2.30. The Hall–Kier alpha value is -1.56. The lowest BCUT2D eigenvalue weighted by Crippen LogP contribution is -2.18. The summed E-state index contributed by atoms with van der Waals surface area (Å²) in [5.74, 6) is 0. The molecule has 2 rings (SSSR count). The maximum Gasteiger partial charge on any atom is 0.0146 e. The number of hydrogen-bond donors (Lipinski definition) is 0. The minimum Gasteiger partial charge on any atom is -0.0622 e. The van der Waals surface area contributed by atoms with E-state index >= 15 is 0 Å². The quantitative estimate of drug-likeness (QED) is 0.683. The van der Waals surface area contributed by atoms with Gasteiger partial charge in [0.15, 0.2) is 0 Å². The van der Waals surface area contributed by atoms with Crippen LogP contribution in [-0.2, 0) is 5.41 Å². The Morgan fingerprint density at radius 3 is 2.13 bits per heavy atom. The van der Waals surface area contributed by atoms with Crippen molar-refractivity contribution in [2.24, 2.45) is 0 Å². The molecule has 1 radical (unpaired) electrons. The minimum absolute atomic E-state index is 0.0546. The zero-order valence-electron chi connectivity index (χ0n) is 9.20. The van der Waals surface area contributed by atoms with E-state index in [1.165, 1.54) is 11.1 Å². The van der Waals surface area contributed by atoms with Gasteiger partial charge < -0.3 is 0 Å². The molecule has 0 spiro atoms. The van der Waals surface area contributed by atoms with E-state index < -0.39 is 0 Å². The summed E-state index contributed by atoms with van der Waals surface area (Å²) in [6.45, 7) is 4.48. The number of hydrogen-bond acceptors (Lipinski definition) is 0. The van der Waals surface area contributed by atoms with E-state index in [4.69, 9.17) is 0 Å². The monoisotopic (exact) mass is 195 g/mol. The van der Waals surface area contributed by atoms with E-state index in [1.54, 1.807) is 0 Å². The van der Waals surface area contributed by atoms with Crippen molar-refractivity contribution in [1.29, 1.82) is 0 Å². The van der Waals surface area contributed by atoms with Crippen LogP contribution in [0.1, 0.15) is 25.0 Å². The lowest BCUT2D eigenvalue weighted by Gasteiger charge is -2.25. The molecule has 15 heavy (non-hydrogen) atoms. The SMILES string of the molecule is CC(C)(c1c[c]ccc1)c1ccccc1. The Morgan fingerprint density at radius 2 is 1.53 bits per heavy atom. The van der Waals surface area contributed by atoms with Crippen LogP contribution in [-0.4, -0.2) is 0 Å². The Balaban J connectivity index is 2.44. The van der Waals surface area contributed by atoms with Crippen molar-refractivity contribution in [3.05, 3.63) is 71.8 Å². The summed E-state index contributed by atoms with van der Waals surface area (Å²) >= 11 is 0. The van der Waals surface area contributed by atoms with E-state index in [2.05, 4.69) is 62.4 Å². The number of rotatable bonds is 2. The van der Waals surface area contributed by atoms with Crippen LogP contribution in [0.15, 0.2) is 54.6 Å². The third kappa shape index (κ3) is 1.94. The van der Waals surface area contributed by atoms with E-state index in [0.717, 1.165) is 0 Å². The van der Waals surface area contributed by atoms with E-state index in [1.807, 2.05) is 12.1 Å². The van der Waals surface area contributed by atoms with Gasteiger partial charge in [-0.2, -0.15) is 0 Å². The van der Waals surface area contributed by atoms with Gasteiger partial charge in [-0.1, -0.05) is 68.4 Å². The first-order valence-corrected chi connectivity index (χ1v) is 5.23. The minimum atomic E-state index is 0.0546. The summed E-state index contributed by atoms with van der Waals surface area (Å²) in [5, 5.41) is 0. The Kier molecular flexibility index (Phi) is 2.59. The van der Waals surface area contributed by atoms with Crippen molar-refractivity contribution in [2.75, 3.05) is 0 Å². The molecule has 0 bridgehead atoms. The highest BCUT2D eigenvalue weighted by molar-refractivity contribution is 5.36. The predicted octanol–water partition coefficient (Wildman–Crippen LogP) is 3.81. The van der Waals surface area contributed by atoms with Crippen LogP contribution in [0, 0.1) is 6.07 Å². The zero-order chi connectivity index (χ0) is 10.7. The molecular weight excluding hydrogens is 180 g/mol. The molecule has 0 aliphatic heterocycles. The molecule has 0 fully saturated rings. The second-order valence-electron chi connectivity index (χ2n) is 4.28. The van der Waals surface area contributed by atoms with Crippen LogP contribution >= 0.6 is 0 Å². The summed E-state index contributed by atoms with van der Waals surface area (Å²) in [6.07, 6.45) is 0. The fourth-order valence-corrected chi connectivity index (χ4v) is 1.80. The van der Waals surface area contributed by atoms with Crippen LogP contribution in [0.2, 0.25) is 0 Å². The van der Waals surface area contributed by atoms with E-state index in [-0.39, 0.29) is 5.41 Å². The Morgan fingerprint density at radius 1 is 0.867 bits per heavy atom. The first kappa shape index (κ1) is 9.97. The van der Waals surface area contributed by atoms with Crippen molar-refractivity contribution >= 4 is 0 Å². The summed E-state index contributed by atoms with van der Waals surface area (Å²) in [5.41, 5.74) is 2.69. The van der Waals surface area contributed by atoms with Crippen molar-refractivity contribution in [3.63, 3.8) is 0 Å². The van der Waals surface area contributed by atoms with Crippen LogP contribution in [0.3, 0.4) is 0 Å². The van der Waals surface area contributed by atoms with E-state index in [9.17, 15) is 0 Å². The van der Waals surface area contributed by atoms with Crippen molar-refractivity contribution in [1.82, 2.24) is 0 Å². The van der Waals surface area contributed by atoms with Crippen LogP contribution in [0.4, 0.5) is 0 Å². The van der Waals surface area contributed by atoms with Crippen LogP contribution in [0.5, 0.6) is 0 Å². The third-order valence-electron chi connectivity index (χ3n) is 2.92. The lowest BCUT2D eigenvalue weighted by atomic mass is 9.78. The molecule has 0 N–H and O–H groups in total. The molecule has 0 heteroatoms. The molecule has 0 nitrogen and oxygen atoms in total. The molecule has 2 aromatic carbocycles. The van der Waals surface area contributed by atoms with Gasteiger partial charge in [0.2, 0.25) is 0 Å². The normalized spacial score (nSPS) is 11.3. The van der Waals surface area contributed by atoms with Crippen molar-refractivity contribution in [2.45, 2.75) is 19.3 Å². The summed E-state index contributed by atoms with van der Waals surface area (Å²) in [7, 11) is 0. The molecule has 0 atom stereocenters. The molecule has 0 aliphatic rings. The standard InChI is InChI=1S/C15H15/c1-15(2,13-9-5-3-6-10-13)14-11-7-4-8-12-14/h3-7,9-12H,1-2H3. The van der Waals surface area contributed by atoms with Crippen molar-refractivity contribution < 1.29 is 0 Å². The van der Waals surface area contributed by atoms with Gasteiger partial charge in [-0.05, 0) is 17.2 Å². The number of benzene rings is 2. The molecule has 2 aromatic rings.